The molecule has 0 atom stereocenters. The fraction of sp³-hybridized carbons (Fsp3) is 0.833. The maximum Gasteiger partial charge on any atom is 0.333 e. The summed E-state index contributed by atoms with van der Waals surface area (Å²) >= 11 is 0. The highest BCUT2D eigenvalue weighted by Crippen LogP contribution is 2.32. The van der Waals surface area contributed by atoms with Crippen molar-refractivity contribution in [2.24, 2.45) is 0 Å². The zero-order valence-corrected chi connectivity index (χ0v) is 13.5. The quantitative estimate of drug-likeness (QED) is 0.500. The largest absolute Gasteiger partial charge is 0.456 e. The van der Waals surface area contributed by atoms with Crippen LogP contribution in [0.15, 0.2) is 12.2 Å². The Kier molecular flexibility index (Phi) is 7.94. The van der Waals surface area contributed by atoms with Crippen molar-refractivity contribution >= 4 is 5.97 Å². The second-order valence-electron chi connectivity index (χ2n) is 6.39. The molecular formula is C18H32O2. The van der Waals surface area contributed by atoms with Crippen molar-refractivity contribution in [2.75, 3.05) is 0 Å². The number of ether oxygens (including phenoxy) is 1. The Hall–Kier alpha value is -0.790. The van der Waals surface area contributed by atoms with Crippen molar-refractivity contribution in [3.05, 3.63) is 12.2 Å². The van der Waals surface area contributed by atoms with Crippen molar-refractivity contribution in [2.45, 2.75) is 96.5 Å². The molecule has 1 aliphatic carbocycles. The van der Waals surface area contributed by atoms with Gasteiger partial charge in [-0.05, 0) is 39.0 Å². The Morgan fingerprint density at radius 3 is 1.70 bits per heavy atom. The number of rotatable bonds is 3. The minimum atomic E-state index is -0.241. The van der Waals surface area contributed by atoms with Crippen molar-refractivity contribution in [1.82, 2.24) is 0 Å². The molecule has 20 heavy (non-hydrogen) atoms. The molecule has 2 heteroatoms. The SMILES string of the molecule is C=C(C)C(=O)OC1(CC)CCCCCCCCCCC1. The molecule has 0 aromatic rings. The summed E-state index contributed by atoms with van der Waals surface area (Å²) in [7, 11) is 0. The molecule has 0 aliphatic heterocycles. The summed E-state index contributed by atoms with van der Waals surface area (Å²) in [6.45, 7) is 7.60. The highest BCUT2D eigenvalue weighted by molar-refractivity contribution is 5.87. The number of carbonyl (C=O) groups is 1. The number of carbonyl (C=O) groups excluding carboxylic acids is 1. The van der Waals surface area contributed by atoms with Crippen LogP contribution in [0, 0.1) is 0 Å². The number of hydrogen-bond acceptors (Lipinski definition) is 2. The molecule has 1 fully saturated rings. The van der Waals surface area contributed by atoms with Gasteiger partial charge in [0.15, 0.2) is 0 Å². The van der Waals surface area contributed by atoms with Gasteiger partial charge in [0, 0.05) is 5.57 Å². The Labute approximate surface area is 125 Å². The average Bonchev–Trinajstić information content (AvgIpc) is 2.42. The molecule has 0 aromatic heterocycles. The summed E-state index contributed by atoms with van der Waals surface area (Å²) in [6, 6.07) is 0. The molecule has 0 N–H and O–H groups in total. The van der Waals surface area contributed by atoms with Crippen LogP contribution in [0.25, 0.3) is 0 Å². The molecule has 1 rings (SSSR count). The molecule has 0 saturated heterocycles. The van der Waals surface area contributed by atoms with Crippen LogP contribution < -0.4 is 0 Å². The van der Waals surface area contributed by atoms with Crippen molar-refractivity contribution < 1.29 is 9.53 Å². The summed E-state index contributed by atoms with van der Waals surface area (Å²) in [5.74, 6) is -0.209. The van der Waals surface area contributed by atoms with Gasteiger partial charge in [0.2, 0.25) is 0 Å². The Bertz CT molecular complexity index is 295. The van der Waals surface area contributed by atoms with Crippen LogP contribution in [0.1, 0.15) is 90.9 Å². The van der Waals surface area contributed by atoms with Gasteiger partial charge in [-0.2, -0.15) is 0 Å². The zero-order chi connectivity index (χ0) is 14.8. The van der Waals surface area contributed by atoms with Gasteiger partial charge in [0.25, 0.3) is 0 Å². The van der Waals surface area contributed by atoms with E-state index >= 15 is 0 Å². The van der Waals surface area contributed by atoms with Gasteiger partial charge >= 0.3 is 5.97 Å². The van der Waals surface area contributed by atoms with Gasteiger partial charge in [-0.3, -0.25) is 0 Å². The molecule has 1 saturated carbocycles. The molecule has 0 radical (unpaired) electrons. The third-order valence-corrected chi connectivity index (χ3v) is 4.57. The lowest BCUT2D eigenvalue weighted by Crippen LogP contribution is -2.35. The fourth-order valence-corrected chi connectivity index (χ4v) is 3.07. The van der Waals surface area contributed by atoms with Gasteiger partial charge < -0.3 is 4.74 Å². The van der Waals surface area contributed by atoms with Crippen molar-refractivity contribution in [3.8, 4) is 0 Å². The summed E-state index contributed by atoms with van der Waals surface area (Å²) in [4.78, 5) is 11.9. The van der Waals surface area contributed by atoms with Crippen molar-refractivity contribution in [1.29, 1.82) is 0 Å². The van der Waals surface area contributed by atoms with Crippen LogP contribution in [-0.2, 0) is 9.53 Å². The Balaban J connectivity index is 2.64. The van der Waals surface area contributed by atoms with Gasteiger partial charge in [-0.25, -0.2) is 4.79 Å². The van der Waals surface area contributed by atoms with E-state index in [1.54, 1.807) is 6.92 Å². The highest BCUT2D eigenvalue weighted by atomic mass is 16.6. The predicted molar refractivity (Wildman–Crippen MR) is 84.7 cm³/mol. The third kappa shape index (κ3) is 6.11. The summed E-state index contributed by atoms with van der Waals surface area (Å²) in [5, 5.41) is 0. The van der Waals surface area contributed by atoms with E-state index in [-0.39, 0.29) is 11.6 Å². The van der Waals surface area contributed by atoms with Gasteiger partial charge in [-0.1, -0.05) is 58.4 Å². The van der Waals surface area contributed by atoms with E-state index in [0.717, 1.165) is 19.3 Å². The lowest BCUT2D eigenvalue weighted by atomic mass is 9.86. The van der Waals surface area contributed by atoms with Crippen LogP contribution in [0.5, 0.6) is 0 Å². The van der Waals surface area contributed by atoms with E-state index in [0.29, 0.717) is 5.57 Å². The fourth-order valence-electron chi connectivity index (χ4n) is 3.07. The van der Waals surface area contributed by atoms with Crippen LogP contribution in [0.4, 0.5) is 0 Å². The van der Waals surface area contributed by atoms with E-state index in [1.165, 1.54) is 57.8 Å². The molecular weight excluding hydrogens is 248 g/mol. The molecule has 116 valence electrons. The first-order valence-electron chi connectivity index (χ1n) is 8.48. The van der Waals surface area contributed by atoms with Gasteiger partial charge in [-0.15, -0.1) is 0 Å². The van der Waals surface area contributed by atoms with E-state index < -0.39 is 0 Å². The van der Waals surface area contributed by atoms with Crippen LogP contribution >= 0.6 is 0 Å². The molecule has 2 nitrogen and oxygen atoms in total. The molecule has 1 aliphatic rings. The maximum atomic E-state index is 11.9. The molecule has 0 amide bonds. The van der Waals surface area contributed by atoms with E-state index in [4.69, 9.17) is 4.74 Å². The molecule has 0 spiro atoms. The molecule has 0 unspecified atom stereocenters. The van der Waals surface area contributed by atoms with Gasteiger partial charge in [0.05, 0.1) is 0 Å². The normalized spacial score (nSPS) is 21.3. The second-order valence-corrected chi connectivity index (χ2v) is 6.39. The standard InChI is InChI=1S/C18H32O2/c1-4-18(20-17(19)16(2)3)14-12-10-8-6-5-7-9-11-13-15-18/h2,4-15H2,1,3H3. The predicted octanol–water partition coefficient (Wildman–Crippen LogP) is 5.56. The minimum Gasteiger partial charge on any atom is -0.456 e. The smallest absolute Gasteiger partial charge is 0.333 e. The highest BCUT2D eigenvalue weighted by Gasteiger charge is 2.31. The van der Waals surface area contributed by atoms with E-state index in [2.05, 4.69) is 13.5 Å². The summed E-state index contributed by atoms with van der Waals surface area (Å²) in [5.41, 5.74) is 0.277. The summed E-state index contributed by atoms with van der Waals surface area (Å²) in [6.07, 6.45) is 14.6. The molecule has 0 bridgehead atoms. The van der Waals surface area contributed by atoms with Gasteiger partial charge in [0.1, 0.15) is 5.60 Å². The summed E-state index contributed by atoms with van der Waals surface area (Å²) < 4.78 is 5.86. The van der Waals surface area contributed by atoms with Crippen LogP contribution in [0.3, 0.4) is 0 Å². The minimum absolute atomic E-state index is 0.209. The number of hydrogen-bond donors (Lipinski definition) is 0. The zero-order valence-electron chi connectivity index (χ0n) is 13.5. The second kappa shape index (κ2) is 9.20. The van der Waals surface area contributed by atoms with Crippen LogP contribution in [-0.4, -0.2) is 11.6 Å². The van der Waals surface area contributed by atoms with E-state index in [1.807, 2.05) is 0 Å². The van der Waals surface area contributed by atoms with Crippen LogP contribution in [0.2, 0.25) is 0 Å². The first-order chi connectivity index (χ1) is 9.59. The molecule has 0 aromatic carbocycles. The average molecular weight is 280 g/mol. The first kappa shape index (κ1) is 17.3. The Morgan fingerprint density at radius 1 is 0.950 bits per heavy atom. The van der Waals surface area contributed by atoms with Crippen molar-refractivity contribution in [3.63, 3.8) is 0 Å². The molecule has 0 heterocycles. The maximum absolute atomic E-state index is 11.9. The monoisotopic (exact) mass is 280 g/mol. The Morgan fingerprint density at radius 2 is 1.35 bits per heavy atom. The van der Waals surface area contributed by atoms with E-state index in [9.17, 15) is 4.79 Å². The first-order valence-corrected chi connectivity index (χ1v) is 8.48. The number of esters is 1. The lowest BCUT2D eigenvalue weighted by molar-refractivity contribution is -0.157. The topological polar surface area (TPSA) is 26.3 Å². The third-order valence-electron chi connectivity index (χ3n) is 4.57. The lowest BCUT2D eigenvalue weighted by Gasteiger charge is -2.33.